The maximum absolute atomic E-state index is 13.4. The van der Waals surface area contributed by atoms with E-state index in [-0.39, 0.29) is 29.9 Å². The van der Waals surface area contributed by atoms with E-state index in [9.17, 15) is 13.2 Å². The summed E-state index contributed by atoms with van der Waals surface area (Å²) in [6.07, 6.45) is -3.80. The molecule has 0 saturated carbocycles. The fourth-order valence-electron chi connectivity index (χ4n) is 3.27. The van der Waals surface area contributed by atoms with Crippen LogP contribution >= 0.6 is 0 Å². The van der Waals surface area contributed by atoms with Gasteiger partial charge in [-0.15, -0.1) is 0 Å². The Morgan fingerprint density at radius 2 is 1.86 bits per heavy atom. The molecular formula is C15H19F3N2O2. The van der Waals surface area contributed by atoms with Crippen LogP contribution in [-0.2, 0) is 6.18 Å². The van der Waals surface area contributed by atoms with Crippen LogP contribution in [0.1, 0.15) is 23.6 Å². The minimum absolute atomic E-state index is 0.165. The van der Waals surface area contributed by atoms with Crippen LogP contribution in [0.5, 0.6) is 11.5 Å². The van der Waals surface area contributed by atoms with Crippen molar-refractivity contribution >= 4 is 0 Å². The third-order valence-electron chi connectivity index (χ3n) is 4.35. The largest absolute Gasteiger partial charge is 0.486 e. The highest BCUT2D eigenvalue weighted by Crippen LogP contribution is 2.46. The summed E-state index contributed by atoms with van der Waals surface area (Å²) in [7, 11) is 1.83. The predicted octanol–water partition coefficient (Wildman–Crippen LogP) is 2.43. The van der Waals surface area contributed by atoms with Crippen molar-refractivity contribution in [2.45, 2.75) is 18.6 Å². The minimum Gasteiger partial charge on any atom is -0.486 e. The molecule has 2 aliphatic heterocycles. The molecule has 1 aromatic carbocycles. The number of nitrogens with two attached hydrogens (primary N) is 1. The van der Waals surface area contributed by atoms with Gasteiger partial charge in [-0.25, -0.2) is 0 Å². The second kappa shape index (κ2) is 5.62. The fourth-order valence-corrected chi connectivity index (χ4v) is 3.27. The Labute approximate surface area is 127 Å². The molecule has 2 atom stereocenters. The molecule has 2 N–H and O–H groups in total. The predicted molar refractivity (Wildman–Crippen MR) is 75.0 cm³/mol. The van der Waals surface area contributed by atoms with E-state index in [1.54, 1.807) is 0 Å². The molecule has 3 rings (SSSR count). The van der Waals surface area contributed by atoms with Crippen molar-refractivity contribution in [2.24, 2.45) is 11.7 Å². The second-order valence-corrected chi connectivity index (χ2v) is 5.87. The molecule has 2 aliphatic rings. The third-order valence-corrected chi connectivity index (χ3v) is 4.35. The number of rotatable bonds is 2. The molecule has 22 heavy (non-hydrogen) atoms. The van der Waals surface area contributed by atoms with E-state index in [1.807, 2.05) is 11.9 Å². The number of hydrogen-bond acceptors (Lipinski definition) is 4. The van der Waals surface area contributed by atoms with Crippen molar-refractivity contribution in [1.29, 1.82) is 0 Å². The van der Waals surface area contributed by atoms with E-state index in [0.29, 0.717) is 31.9 Å². The van der Waals surface area contributed by atoms with Crippen LogP contribution in [0, 0.1) is 5.92 Å². The Bertz CT molecular complexity index is 562. The number of benzene rings is 1. The summed E-state index contributed by atoms with van der Waals surface area (Å²) in [5.74, 6) is 0.765. The summed E-state index contributed by atoms with van der Waals surface area (Å²) in [6.45, 7) is 1.80. The van der Waals surface area contributed by atoms with Gasteiger partial charge in [-0.1, -0.05) is 0 Å². The number of halogens is 3. The average molecular weight is 316 g/mol. The minimum atomic E-state index is -4.42. The van der Waals surface area contributed by atoms with E-state index in [4.69, 9.17) is 15.2 Å². The summed E-state index contributed by atoms with van der Waals surface area (Å²) in [5.41, 5.74) is 5.28. The van der Waals surface area contributed by atoms with Crippen LogP contribution < -0.4 is 15.2 Å². The standard InChI is InChI=1S/C15H19F3N2O2/c1-20-8-9(7-19)4-12(20)10-5-13-14(22-3-2-21-13)6-11(10)15(16,17)18/h5-6,9,12H,2-4,7-8,19H2,1H3. The molecule has 4 nitrogen and oxygen atoms in total. The van der Waals surface area contributed by atoms with Gasteiger partial charge in [-0.2, -0.15) is 13.2 Å². The van der Waals surface area contributed by atoms with Crippen molar-refractivity contribution in [3.63, 3.8) is 0 Å². The van der Waals surface area contributed by atoms with Gasteiger partial charge in [0, 0.05) is 12.6 Å². The van der Waals surface area contributed by atoms with E-state index in [2.05, 4.69) is 0 Å². The zero-order chi connectivity index (χ0) is 15.9. The van der Waals surface area contributed by atoms with Crippen molar-refractivity contribution in [2.75, 3.05) is 33.4 Å². The van der Waals surface area contributed by atoms with Gasteiger partial charge in [0.25, 0.3) is 0 Å². The first-order valence-electron chi connectivity index (χ1n) is 7.31. The van der Waals surface area contributed by atoms with E-state index in [0.717, 1.165) is 6.07 Å². The number of likely N-dealkylation sites (tertiary alicyclic amines) is 1. The maximum Gasteiger partial charge on any atom is 0.416 e. The molecule has 122 valence electrons. The molecule has 1 fully saturated rings. The van der Waals surface area contributed by atoms with Crippen LogP contribution in [0.4, 0.5) is 13.2 Å². The van der Waals surface area contributed by atoms with Gasteiger partial charge in [0.15, 0.2) is 11.5 Å². The molecular weight excluding hydrogens is 297 g/mol. The normalized spacial score (nSPS) is 25.5. The number of hydrogen-bond donors (Lipinski definition) is 1. The van der Waals surface area contributed by atoms with E-state index < -0.39 is 11.7 Å². The van der Waals surface area contributed by atoms with Crippen LogP contribution in [0.15, 0.2) is 12.1 Å². The van der Waals surface area contributed by atoms with Crippen LogP contribution in [0.3, 0.4) is 0 Å². The molecule has 0 spiro atoms. The number of ether oxygens (including phenoxy) is 2. The first-order chi connectivity index (χ1) is 10.4. The molecule has 1 aromatic rings. The van der Waals surface area contributed by atoms with Gasteiger partial charge in [-0.05, 0) is 43.6 Å². The van der Waals surface area contributed by atoms with Gasteiger partial charge in [0.05, 0.1) is 5.56 Å². The molecule has 1 saturated heterocycles. The lowest BCUT2D eigenvalue weighted by Gasteiger charge is -2.27. The highest BCUT2D eigenvalue weighted by Gasteiger charge is 2.40. The molecule has 2 heterocycles. The monoisotopic (exact) mass is 316 g/mol. The third kappa shape index (κ3) is 2.75. The Morgan fingerprint density at radius 1 is 1.23 bits per heavy atom. The molecule has 2 unspecified atom stereocenters. The summed E-state index contributed by atoms with van der Waals surface area (Å²) in [5, 5.41) is 0. The lowest BCUT2D eigenvalue weighted by molar-refractivity contribution is -0.138. The van der Waals surface area contributed by atoms with Crippen molar-refractivity contribution in [3.8, 4) is 11.5 Å². The molecule has 0 aromatic heterocycles. The van der Waals surface area contributed by atoms with Crippen LogP contribution in [0.2, 0.25) is 0 Å². The van der Waals surface area contributed by atoms with Gasteiger partial charge in [0.2, 0.25) is 0 Å². The molecule has 0 amide bonds. The van der Waals surface area contributed by atoms with Gasteiger partial charge < -0.3 is 15.2 Å². The molecule has 0 radical (unpaired) electrons. The highest BCUT2D eigenvalue weighted by molar-refractivity contribution is 5.50. The van der Waals surface area contributed by atoms with Crippen LogP contribution in [0.25, 0.3) is 0 Å². The summed E-state index contributed by atoms with van der Waals surface area (Å²) >= 11 is 0. The lowest BCUT2D eigenvalue weighted by Crippen LogP contribution is -2.23. The number of fused-ring (bicyclic) bond motifs is 1. The highest BCUT2D eigenvalue weighted by atomic mass is 19.4. The summed E-state index contributed by atoms with van der Waals surface area (Å²) in [6, 6.07) is 2.24. The SMILES string of the molecule is CN1CC(CN)CC1c1cc2c(cc1C(F)(F)F)OCCO2. The van der Waals surface area contributed by atoms with Crippen molar-refractivity contribution in [1.82, 2.24) is 4.90 Å². The summed E-state index contributed by atoms with van der Waals surface area (Å²) < 4.78 is 51.0. The van der Waals surface area contributed by atoms with Crippen molar-refractivity contribution < 1.29 is 22.6 Å². The maximum atomic E-state index is 13.4. The molecule has 0 aliphatic carbocycles. The quantitative estimate of drug-likeness (QED) is 0.910. The second-order valence-electron chi connectivity index (χ2n) is 5.87. The number of alkyl halides is 3. The van der Waals surface area contributed by atoms with Crippen molar-refractivity contribution in [3.05, 3.63) is 23.3 Å². The first-order valence-corrected chi connectivity index (χ1v) is 7.31. The van der Waals surface area contributed by atoms with Gasteiger partial charge in [-0.3, -0.25) is 4.90 Å². The van der Waals surface area contributed by atoms with E-state index in [1.165, 1.54) is 6.07 Å². The first kappa shape index (κ1) is 15.4. The zero-order valence-corrected chi connectivity index (χ0v) is 12.3. The zero-order valence-electron chi connectivity index (χ0n) is 12.3. The van der Waals surface area contributed by atoms with Gasteiger partial charge >= 0.3 is 6.18 Å². The Morgan fingerprint density at radius 3 is 2.41 bits per heavy atom. The average Bonchev–Trinajstić information content (AvgIpc) is 2.86. The fraction of sp³-hybridized carbons (Fsp3) is 0.600. The smallest absolute Gasteiger partial charge is 0.416 e. The lowest BCUT2D eigenvalue weighted by atomic mass is 9.94. The molecule has 7 heteroatoms. The Hall–Kier alpha value is -1.47. The topological polar surface area (TPSA) is 47.7 Å². The van der Waals surface area contributed by atoms with Crippen LogP contribution in [-0.4, -0.2) is 38.3 Å². The molecule has 0 bridgehead atoms. The van der Waals surface area contributed by atoms with Gasteiger partial charge in [0.1, 0.15) is 13.2 Å². The van der Waals surface area contributed by atoms with E-state index >= 15 is 0 Å². The Balaban J connectivity index is 2.05. The summed E-state index contributed by atoms with van der Waals surface area (Å²) in [4.78, 5) is 1.93. The Kier molecular flexibility index (Phi) is 3.94. The number of nitrogens with zero attached hydrogens (tertiary/aromatic N) is 1.